The van der Waals surface area contributed by atoms with Gasteiger partial charge in [0.2, 0.25) is 0 Å². The van der Waals surface area contributed by atoms with E-state index in [2.05, 4.69) is 0 Å². The van der Waals surface area contributed by atoms with E-state index in [1.807, 2.05) is 0 Å². The zero-order valence-corrected chi connectivity index (χ0v) is 25.2. The fourth-order valence-electron chi connectivity index (χ4n) is 4.13. The first-order valence-corrected chi connectivity index (χ1v) is 13.2. The van der Waals surface area contributed by atoms with Gasteiger partial charge in [-0.2, -0.15) is 0 Å². The standard InChI is InChI=1S/C30H32BN2O10/c1-29(2,3)40-27(36)32-21-13-19(25(34)38-7)11-9-17(21)15-23(32)42-31-43-24-16-18-10-12-20(26(35)39-8)14-22(18)33(24)28(37)41-30(4,5)6/h9-16H,1-8H3. The van der Waals surface area contributed by atoms with Crippen LogP contribution in [0.15, 0.2) is 48.5 Å². The van der Waals surface area contributed by atoms with Gasteiger partial charge in [0.15, 0.2) is 11.8 Å². The van der Waals surface area contributed by atoms with Crippen LogP contribution in [0, 0.1) is 0 Å². The number of hydrogen-bond donors (Lipinski definition) is 0. The van der Waals surface area contributed by atoms with Gasteiger partial charge in [0.1, 0.15) is 11.2 Å². The van der Waals surface area contributed by atoms with Crippen molar-refractivity contribution in [2.75, 3.05) is 14.2 Å². The van der Waals surface area contributed by atoms with E-state index in [1.165, 1.54) is 26.4 Å². The van der Waals surface area contributed by atoms with Crippen molar-refractivity contribution in [1.29, 1.82) is 0 Å². The van der Waals surface area contributed by atoms with E-state index >= 15 is 0 Å². The summed E-state index contributed by atoms with van der Waals surface area (Å²) in [6.07, 6.45) is -1.52. The Labute approximate surface area is 248 Å². The van der Waals surface area contributed by atoms with E-state index in [1.54, 1.807) is 77.9 Å². The lowest BCUT2D eigenvalue weighted by atomic mass is 10.1. The zero-order chi connectivity index (χ0) is 31.7. The zero-order valence-electron chi connectivity index (χ0n) is 25.2. The quantitative estimate of drug-likeness (QED) is 0.156. The van der Waals surface area contributed by atoms with Gasteiger partial charge >= 0.3 is 31.8 Å². The van der Waals surface area contributed by atoms with Gasteiger partial charge in [-0.1, -0.05) is 12.1 Å². The molecule has 2 aromatic carbocycles. The normalized spacial score (nSPS) is 11.6. The minimum absolute atomic E-state index is 0.0131. The van der Waals surface area contributed by atoms with Gasteiger partial charge < -0.3 is 28.3 Å². The number of benzene rings is 2. The highest BCUT2D eigenvalue weighted by atomic mass is 16.6. The Bertz CT molecular complexity index is 1600. The lowest BCUT2D eigenvalue weighted by Gasteiger charge is -2.21. The van der Waals surface area contributed by atoms with E-state index < -0.39 is 35.3 Å². The molecule has 0 unspecified atom stereocenters. The lowest BCUT2D eigenvalue weighted by molar-refractivity contribution is 0.0528. The summed E-state index contributed by atoms with van der Waals surface area (Å²) in [5.74, 6) is -1.14. The minimum atomic E-state index is -0.831. The Morgan fingerprint density at radius 3 is 1.30 bits per heavy atom. The molecule has 0 aliphatic rings. The molecule has 0 amide bonds. The summed E-state index contributed by atoms with van der Waals surface area (Å²) in [6, 6.07) is 12.5. The molecule has 0 saturated heterocycles. The van der Waals surface area contributed by atoms with Gasteiger partial charge in [0.05, 0.1) is 36.4 Å². The molecule has 0 saturated carbocycles. The Kier molecular flexibility index (Phi) is 8.47. The van der Waals surface area contributed by atoms with Gasteiger partial charge in [-0.15, -0.1) is 0 Å². The minimum Gasteiger partial charge on any atom is -0.513 e. The Hall–Kier alpha value is -4.94. The van der Waals surface area contributed by atoms with Crippen LogP contribution < -0.4 is 9.31 Å². The van der Waals surface area contributed by atoms with Crippen LogP contribution in [-0.2, 0) is 18.9 Å². The van der Waals surface area contributed by atoms with E-state index in [4.69, 9.17) is 28.3 Å². The SMILES string of the molecule is COC(=O)c1ccc2cc(O[B]Oc3cc4ccc(C(=O)OC)cc4n3C(=O)OC(C)(C)C)n(C(=O)OC(C)(C)C)c2c1. The molecule has 0 bridgehead atoms. The highest BCUT2D eigenvalue weighted by molar-refractivity contribution is 6.21. The molecule has 0 spiro atoms. The molecular weight excluding hydrogens is 559 g/mol. The second-order valence-electron chi connectivity index (χ2n) is 11.5. The summed E-state index contributed by atoms with van der Waals surface area (Å²) in [4.78, 5) is 50.8. The maximum Gasteiger partial charge on any atom is 0.660 e. The number of esters is 2. The highest BCUT2D eigenvalue weighted by Gasteiger charge is 2.27. The predicted molar refractivity (Wildman–Crippen MR) is 157 cm³/mol. The number of carbonyl (C=O) groups is 4. The number of fused-ring (bicyclic) bond motifs is 2. The van der Waals surface area contributed by atoms with Crippen molar-refractivity contribution in [1.82, 2.24) is 9.13 Å². The third-order valence-electron chi connectivity index (χ3n) is 5.87. The molecule has 225 valence electrons. The maximum absolute atomic E-state index is 13.2. The largest absolute Gasteiger partial charge is 0.660 e. The van der Waals surface area contributed by atoms with Crippen LogP contribution in [0.4, 0.5) is 9.59 Å². The number of aromatic nitrogens is 2. The first-order valence-electron chi connectivity index (χ1n) is 13.2. The van der Waals surface area contributed by atoms with Crippen LogP contribution >= 0.6 is 0 Å². The highest BCUT2D eigenvalue weighted by Crippen LogP contribution is 2.30. The average Bonchev–Trinajstić information content (AvgIpc) is 3.47. The third kappa shape index (κ3) is 6.93. The summed E-state index contributed by atoms with van der Waals surface area (Å²) < 4.78 is 34.6. The lowest BCUT2D eigenvalue weighted by Crippen LogP contribution is -2.29. The fraction of sp³-hybridized carbons (Fsp3) is 0.333. The van der Waals surface area contributed by atoms with Crippen molar-refractivity contribution >= 4 is 53.6 Å². The van der Waals surface area contributed by atoms with E-state index in [9.17, 15) is 19.2 Å². The molecule has 0 N–H and O–H groups in total. The molecule has 4 rings (SSSR count). The van der Waals surface area contributed by atoms with E-state index in [0.717, 1.165) is 16.8 Å². The van der Waals surface area contributed by atoms with Crippen LogP contribution in [0.3, 0.4) is 0 Å². The molecule has 4 aromatic rings. The topological polar surface area (TPSA) is 134 Å². The molecule has 0 aliphatic carbocycles. The Morgan fingerprint density at radius 2 is 0.977 bits per heavy atom. The van der Waals surface area contributed by atoms with Crippen LogP contribution in [0.1, 0.15) is 62.3 Å². The van der Waals surface area contributed by atoms with Crippen molar-refractivity contribution in [3.8, 4) is 11.8 Å². The summed E-state index contributed by atoms with van der Waals surface area (Å²) >= 11 is 0. The Balaban J connectivity index is 1.71. The third-order valence-corrected chi connectivity index (χ3v) is 5.87. The number of carbonyl (C=O) groups excluding carboxylic acids is 4. The van der Waals surface area contributed by atoms with Crippen LogP contribution in [0.5, 0.6) is 11.8 Å². The monoisotopic (exact) mass is 591 g/mol. The van der Waals surface area contributed by atoms with Gasteiger partial charge in [-0.3, -0.25) is 0 Å². The van der Waals surface area contributed by atoms with Crippen molar-refractivity contribution < 1.29 is 47.4 Å². The molecule has 43 heavy (non-hydrogen) atoms. The molecule has 13 heteroatoms. The van der Waals surface area contributed by atoms with Crippen molar-refractivity contribution in [3.05, 3.63) is 59.7 Å². The summed E-state index contributed by atoms with van der Waals surface area (Å²) in [5, 5.41) is 1.14. The maximum atomic E-state index is 13.2. The van der Waals surface area contributed by atoms with E-state index in [0.29, 0.717) is 21.8 Å². The molecule has 0 fully saturated rings. The second-order valence-corrected chi connectivity index (χ2v) is 11.5. The summed E-state index contributed by atoms with van der Waals surface area (Å²) in [7, 11) is 3.45. The van der Waals surface area contributed by atoms with Gasteiger partial charge in [0.25, 0.3) is 0 Å². The van der Waals surface area contributed by atoms with Crippen molar-refractivity contribution in [3.63, 3.8) is 0 Å². The molecule has 0 aliphatic heterocycles. The first-order chi connectivity index (χ1) is 20.1. The predicted octanol–water partition coefficient (Wildman–Crippen LogP) is 5.73. The molecule has 12 nitrogen and oxygen atoms in total. The first kappa shape index (κ1) is 31.0. The number of nitrogens with zero attached hydrogens (tertiary/aromatic N) is 2. The Morgan fingerprint density at radius 1 is 0.605 bits per heavy atom. The van der Waals surface area contributed by atoms with Gasteiger partial charge in [-0.05, 0) is 65.8 Å². The molecule has 0 atom stereocenters. The smallest absolute Gasteiger partial charge is 0.513 e. The van der Waals surface area contributed by atoms with Gasteiger partial charge in [0, 0.05) is 22.9 Å². The number of hydrogen-bond acceptors (Lipinski definition) is 10. The second kappa shape index (κ2) is 11.7. The summed E-state index contributed by atoms with van der Waals surface area (Å²) in [6.45, 7) is 10.3. The van der Waals surface area contributed by atoms with Crippen LogP contribution in [0.2, 0.25) is 0 Å². The van der Waals surface area contributed by atoms with E-state index in [-0.39, 0.29) is 22.9 Å². The fourth-order valence-corrected chi connectivity index (χ4v) is 4.13. The van der Waals surface area contributed by atoms with Crippen LogP contribution in [0.25, 0.3) is 21.8 Å². The van der Waals surface area contributed by atoms with Gasteiger partial charge in [-0.25, -0.2) is 28.3 Å². The molecule has 2 aromatic heterocycles. The molecule has 2 heterocycles. The number of methoxy groups -OCH3 is 2. The molecule has 1 radical (unpaired) electrons. The molecular formula is C30H32BN2O10. The van der Waals surface area contributed by atoms with Crippen molar-refractivity contribution in [2.24, 2.45) is 0 Å². The van der Waals surface area contributed by atoms with Crippen molar-refractivity contribution in [2.45, 2.75) is 52.7 Å². The number of ether oxygens (including phenoxy) is 4. The van der Waals surface area contributed by atoms with Crippen LogP contribution in [-0.4, -0.2) is 66.4 Å². The average molecular weight is 591 g/mol. The summed E-state index contributed by atoms with van der Waals surface area (Å²) in [5.41, 5.74) is -0.557. The number of rotatable bonds is 6.